The molecule has 0 unspecified atom stereocenters. The van der Waals surface area contributed by atoms with Crippen LogP contribution in [-0.2, 0) is 0 Å². The Balaban J connectivity index is 2.21. The summed E-state index contributed by atoms with van der Waals surface area (Å²) in [5.41, 5.74) is 8.78. The SMILES string of the molecule is Cc1cc(NC(=O)c2n[nH]c(C)c2N)ccc1Br. The van der Waals surface area contributed by atoms with E-state index in [-0.39, 0.29) is 11.6 Å². The Bertz CT molecular complexity index is 606. The maximum Gasteiger partial charge on any atom is 0.278 e. The zero-order valence-corrected chi connectivity index (χ0v) is 11.6. The molecule has 1 heterocycles. The van der Waals surface area contributed by atoms with E-state index in [0.717, 1.165) is 10.0 Å². The molecule has 2 aromatic rings. The molecule has 0 radical (unpaired) electrons. The van der Waals surface area contributed by atoms with Gasteiger partial charge in [0.25, 0.3) is 5.91 Å². The molecular weight excluding hydrogens is 296 g/mol. The molecule has 0 atom stereocenters. The summed E-state index contributed by atoms with van der Waals surface area (Å²) >= 11 is 3.41. The number of H-pyrrole nitrogens is 1. The van der Waals surface area contributed by atoms with Crippen LogP contribution in [0.15, 0.2) is 22.7 Å². The van der Waals surface area contributed by atoms with Crippen LogP contribution < -0.4 is 11.1 Å². The third-order valence-electron chi connectivity index (χ3n) is 2.63. The van der Waals surface area contributed by atoms with Crippen LogP contribution in [-0.4, -0.2) is 16.1 Å². The summed E-state index contributed by atoms with van der Waals surface area (Å²) in [5, 5.41) is 9.32. The molecule has 1 amide bonds. The Morgan fingerprint density at radius 2 is 2.17 bits per heavy atom. The smallest absolute Gasteiger partial charge is 0.278 e. The minimum Gasteiger partial charge on any atom is -0.395 e. The van der Waals surface area contributed by atoms with Crippen LogP contribution in [0.1, 0.15) is 21.7 Å². The first-order valence-electron chi connectivity index (χ1n) is 5.37. The fraction of sp³-hybridized carbons (Fsp3) is 0.167. The lowest BCUT2D eigenvalue weighted by molar-refractivity contribution is 0.102. The quantitative estimate of drug-likeness (QED) is 0.797. The van der Waals surface area contributed by atoms with Crippen molar-refractivity contribution in [1.29, 1.82) is 0 Å². The highest BCUT2D eigenvalue weighted by Crippen LogP contribution is 2.21. The number of carbonyl (C=O) groups excluding carboxylic acids is 1. The molecule has 0 bridgehead atoms. The van der Waals surface area contributed by atoms with Gasteiger partial charge < -0.3 is 11.1 Å². The Hall–Kier alpha value is -1.82. The zero-order valence-electron chi connectivity index (χ0n) is 10.0. The largest absolute Gasteiger partial charge is 0.395 e. The van der Waals surface area contributed by atoms with Gasteiger partial charge >= 0.3 is 0 Å². The summed E-state index contributed by atoms with van der Waals surface area (Å²) in [6.07, 6.45) is 0. The van der Waals surface area contributed by atoms with Crippen molar-refractivity contribution < 1.29 is 4.79 Å². The number of nitrogens with one attached hydrogen (secondary N) is 2. The highest BCUT2D eigenvalue weighted by Gasteiger charge is 2.15. The molecule has 0 spiro atoms. The Labute approximate surface area is 113 Å². The molecule has 0 aliphatic carbocycles. The van der Waals surface area contributed by atoms with Gasteiger partial charge in [-0.25, -0.2) is 0 Å². The second-order valence-corrected chi connectivity index (χ2v) is 4.88. The number of hydrogen-bond acceptors (Lipinski definition) is 3. The molecule has 0 fully saturated rings. The van der Waals surface area contributed by atoms with Gasteiger partial charge in [-0.3, -0.25) is 9.89 Å². The summed E-state index contributed by atoms with van der Waals surface area (Å²) in [6.45, 7) is 3.72. The third-order valence-corrected chi connectivity index (χ3v) is 3.52. The number of nitrogen functional groups attached to an aromatic ring is 1. The minimum atomic E-state index is -0.321. The van der Waals surface area contributed by atoms with Gasteiger partial charge in [-0.15, -0.1) is 0 Å². The number of halogens is 1. The molecule has 4 N–H and O–H groups in total. The molecule has 0 saturated heterocycles. The van der Waals surface area contributed by atoms with E-state index < -0.39 is 0 Å². The number of aryl methyl sites for hydroxylation is 2. The van der Waals surface area contributed by atoms with E-state index in [4.69, 9.17) is 5.73 Å². The second-order valence-electron chi connectivity index (χ2n) is 4.03. The molecular formula is C12H13BrN4O. The molecule has 5 nitrogen and oxygen atoms in total. The highest BCUT2D eigenvalue weighted by molar-refractivity contribution is 9.10. The number of anilines is 2. The number of nitrogens with zero attached hydrogens (tertiary/aromatic N) is 1. The maximum atomic E-state index is 12.0. The monoisotopic (exact) mass is 308 g/mol. The molecule has 0 aliphatic heterocycles. The third kappa shape index (κ3) is 2.38. The molecule has 6 heteroatoms. The van der Waals surface area contributed by atoms with Gasteiger partial charge in [-0.05, 0) is 37.6 Å². The molecule has 0 saturated carbocycles. The van der Waals surface area contributed by atoms with Crippen molar-refractivity contribution >= 4 is 33.2 Å². The number of rotatable bonds is 2. The van der Waals surface area contributed by atoms with Gasteiger partial charge in [0.2, 0.25) is 0 Å². The minimum absolute atomic E-state index is 0.216. The van der Waals surface area contributed by atoms with Crippen LogP contribution in [0.5, 0.6) is 0 Å². The van der Waals surface area contributed by atoms with Gasteiger partial charge in [0.15, 0.2) is 5.69 Å². The van der Waals surface area contributed by atoms with Crippen molar-refractivity contribution in [3.8, 4) is 0 Å². The average molecular weight is 309 g/mol. The first kappa shape index (κ1) is 12.6. The fourth-order valence-corrected chi connectivity index (χ4v) is 1.77. The molecule has 94 valence electrons. The standard InChI is InChI=1S/C12H13BrN4O/c1-6-5-8(3-4-9(6)13)15-12(18)11-10(14)7(2)16-17-11/h3-5H,14H2,1-2H3,(H,15,18)(H,16,17). The van der Waals surface area contributed by atoms with Crippen LogP contribution in [0.25, 0.3) is 0 Å². The van der Waals surface area contributed by atoms with E-state index in [1.807, 2.05) is 25.1 Å². The van der Waals surface area contributed by atoms with Crippen molar-refractivity contribution in [3.63, 3.8) is 0 Å². The average Bonchev–Trinajstić information content (AvgIpc) is 2.65. The zero-order chi connectivity index (χ0) is 13.3. The maximum absolute atomic E-state index is 12.0. The van der Waals surface area contributed by atoms with Crippen LogP contribution in [0.3, 0.4) is 0 Å². The van der Waals surface area contributed by atoms with Gasteiger partial charge in [0.1, 0.15) is 0 Å². The summed E-state index contributed by atoms with van der Waals surface area (Å²) in [5.74, 6) is -0.321. The Kier molecular flexibility index (Phi) is 3.38. The number of carbonyl (C=O) groups is 1. The van der Waals surface area contributed by atoms with Crippen LogP contribution in [0.4, 0.5) is 11.4 Å². The van der Waals surface area contributed by atoms with E-state index in [0.29, 0.717) is 17.1 Å². The number of nitrogens with two attached hydrogens (primary N) is 1. The van der Waals surface area contributed by atoms with Gasteiger partial charge in [0.05, 0.1) is 11.4 Å². The van der Waals surface area contributed by atoms with Crippen molar-refractivity contribution in [2.75, 3.05) is 11.1 Å². The lowest BCUT2D eigenvalue weighted by Gasteiger charge is -2.06. The number of benzene rings is 1. The molecule has 0 aliphatic rings. The van der Waals surface area contributed by atoms with Crippen LogP contribution in [0, 0.1) is 13.8 Å². The Morgan fingerprint density at radius 1 is 1.44 bits per heavy atom. The summed E-state index contributed by atoms with van der Waals surface area (Å²) < 4.78 is 0.996. The van der Waals surface area contributed by atoms with Gasteiger partial charge in [0, 0.05) is 10.2 Å². The van der Waals surface area contributed by atoms with Crippen molar-refractivity contribution in [2.45, 2.75) is 13.8 Å². The highest BCUT2D eigenvalue weighted by atomic mass is 79.9. The molecule has 1 aromatic heterocycles. The second kappa shape index (κ2) is 4.81. The topological polar surface area (TPSA) is 83.8 Å². The summed E-state index contributed by atoms with van der Waals surface area (Å²) in [7, 11) is 0. The normalized spacial score (nSPS) is 10.4. The molecule has 1 aromatic carbocycles. The van der Waals surface area contributed by atoms with Gasteiger partial charge in [-0.2, -0.15) is 5.10 Å². The summed E-state index contributed by atoms with van der Waals surface area (Å²) in [6, 6.07) is 5.56. The Morgan fingerprint density at radius 3 is 2.72 bits per heavy atom. The first-order valence-corrected chi connectivity index (χ1v) is 6.16. The predicted molar refractivity (Wildman–Crippen MR) is 74.6 cm³/mol. The van der Waals surface area contributed by atoms with E-state index in [1.165, 1.54) is 0 Å². The van der Waals surface area contributed by atoms with Crippen molar-refractivity contribution in [3.05, 3.63) is 39.6 Å². The fourth-order valence-electron chi connectivity index (χ4n) is 1.52. The number of hydrogen-bond donors (Lipinski definition) is 3. The van der Waals surface area contributed by atoms with Gasteiger partial charge in [-0.1, -0.05) is 15.9 Å². The number of aromatic amines is 1. The number of aromatic nitrogens is 2. The summed E-state index contributed by atoms with van der Waals surface area (Å²) in [4.78, 5) is 12.0. The van der Waals surface area contributed by atoms with E-state index in [9.17, 15) is 4.79 Å². The van der Waals surface area contributed by atoms with E-state index in [2.05, 4.69) is 31.4 Å². The number of amides is 1. The first-order chi connectivity index (χ1) is 8.49. The lowest BCUT2D eigenvalue weighted by atomic mass is 10.2. The molecule has 18 heavy (non-hydrogen) atoms. The van der Waals surface area contributed by atoms with E-state index >= 15 is 0 Å². The van der Waals surface area contributed by atoms with Crippen LogP contribution >= 0.6 is 15.9 Å². The lowest BCUT2D eigenvalue weighted by Crippen LogP contribution is -2.14. The van der Waals surface area contributed by atoms with E-state index in [1.54, 1.807) is 6.92 Å². The van der Waals surface area contributed by atoms with Crippen molar-refractivity contribution in [2.24, 2.45) is 0 Å². The van der Waals surface area contributed by atoms with Crippen molar-refractivity contribution in [1.82, 2.24) is 10.2 Å². The van der Waals surface area contributed by atoms with Crippen LogP contribution in [0.2, 0.25) is 0 Å². The predicted octanol–water partition coefficient (Wildman–Crippen LogP) is 2.62. The molecule has 2 rings (SSSR count).